The number of esters is 1. The summed E-state index contributed by atoms with van der Waals surface area (Å²) in [6.45, 7) is 2.72. The summed E-state index contributed by atoms with van der Waals surface area (Å²) in [7, 11) is 1.99. The number of amides is 1. The van der Waals surface area contributed by atoms with E-state index in [1.54, 1.807) is 6.92 Å². The number of para-hydroxylation sites is 1. The number of non-ortho nitro benzene ring substituents is 1. The van der Waals surface area contributed by atoms with Crippen LogP contribution in [0, 0.1) is 10.1 Å². The van der Waals surface area contributed by atoms with E-state index in [1.165, 1.54) is 35.1 Å². The molecule has 1 heterocycles. The molecule has 0 saturated carbocycles. The zero-order valence-corrected chi connectivity index (χ0v) is 19.5. The van der Waals surface area contributed by atoms with Gasteiger partial charge in [0, 0.05) is 38.0 Å². The maximum Gasteiger partial charge on any atom is 0.362 e. The van der Waals surface area contributed by atoms with Crippen LogP contribution in [0.3, 0.4) is 0 Å². The van der Waals surface area contributed by atoms with Crippen molar-refractivity contribution in [3.63, 3.8) is 0 Å². The third-order valence-electron chi connectivity index (χ3n) is 5.02. The second-order valence-corrected chi connectivity index (χ2v) is 7.53. The summed E-state index contributed by atoms with van der Waals surface area (Å²) in [5.74, 6) is -0.974. The van der Waals surface area contributed by atoms with Crippen molar-refractivity contribution in [1.29, 1.82) is 0 Å². The Bertz CT molecular complexity index is 1150. The predicted octanol–water partition coefficient (Wildman–Crippen LogP) is 2.98. The first kappa shape index (κ1) is 25.2. The zero-order chi connectivity index (χ0) is 25.2. The topological polar surface area (TPSA) is 129 Å². The van der Waals surface area contributed by atoms with E-state index < -0.39 is 10.9 Å². The number of aromatic nitrogens is 2. The fourth-order valence-electron chi connectivity index (χ4n) is 3.21. The van der Waals surface area contributed by atoms with Gasteiger partial charge in [0.1, 0.15) is 0 Å². The van der Waals surface area contributed by atoms with Gasteiger partial charge in [-0.1, -0.05) is 18.2 Å². The van der Waals surface area contributed by atoms with Crippen LogP contribution in [0.25, 0.3) is 5.69 Å². The summed E-state index contributed by atoms with van der Waals surface area (Å²) in [4.78, 5) is 37.0. The van der Waals surface area contributed by atoms with E-state index in [2.05, 4.69) is 15.3 Å². The van der Waals surface area contributed by atoms with Crippen molar-refractivity contribution in [2.45, 2.75) is 13.3 Å². The van der Waals surface area contributed by atoms with E-state index in [-0.39, 0.29) is 36.3 Å². The number of carbonyl (C=O) groups excluding carboxylic acids is 2. The van der Waals surface area contributed by atoms with Crippen LogP contribution in [0.5, 0.6) is 5.75 Å². The molecule has 0 atom stereocenters. The first-order valence-electron chi connectivity index (χ1n) is 11.1. The fraction of sp³-hybridized carbons (Fsp3) is 0.292. The zero-order valence-electron chi connectivity index (χ0n) is 19.5. The number of ether oxygens (including phenoxy) is 2. The van der Waals surface area contributed by atoms with Crippen molar-refractivity contribution >= 4 is 23.3 Å². The van der Waals surface area contributed by atoms with Crippen molar-refractivity contribution in [3.05, 3.63) is 76.6 Å². The number of carbonyl (C=O) groups is 2. The summed E-state index contributed by atoms with van der Waals surface area (Å²) < 4.78 is 11.9. The number of benzene rings is 2. The number of hydrogen-bond donors (Lipinski definition) is 1. The molecule has 11 nitrogen and oxygen atoms in total. The lowest BCUT2D eigenvalue weighted by molar-refractivity contribution is -0.384. The number of nitro groups is 1. The Morgan fingerprint density at radius 1 is 1.14 bits per heavy atom. The molecule has 1 aromatic heterocycles. The van der Waals surface area contributed by atoms with Crippen molar-refractivity contribution in [2.24, 2.45) is 0 Å². The third kappa shape index (κ3) is 7.03. The Hall–Kier alpha value is -4.41. The van der Waals surface area contributed by atoms with E-state index in [1.807, 2.05) is 37.4 Å². The van der Waals surface area contributed by atoms with Crippen molar-refractivity contribution in [1.82, 2.24) is 15.1 Å². The lowest BCUT2D eigenvalue weighted by atomic mass is 10.3. The molecular formula is C24H27N5O6. The Kier molecular flexibility index (Phi) is 8.76. The normalized spacial score (nSPS) is 10.5. The summed E-state index contributed by atoms with van der Waals surface area (Å²) >= 11 is 0. The Labute approximate surface area is 202 Å². The van der Waals surface area contributed by atoms with Crippen LogP contribution < -0.4 is 15.0 Å². The van der Waals surface area contributed by atoms with Gasteiger partial charge in [0.15, 0.2) is 12.4 Å². The maximum absolute atomic E-state index is 12.3. The molecule has 0 bridgehead atoms. The molecule has 0 aliphatic rings. The average molecular weight is 482 g/mol. The van der Waals surface area contributed by atoms with Crippen LogP contribution in [0.1, 0.15) is 23.8 Å². The SMILES string of the molecule is CCOC(=O)c1nn(-c2ccc([N+](=O)[O-])cc2)cc1OCC(=O)NCCCN(C)c1ccccc1. The molecule has 1 amide bonds. The summed E-state index contributed by atoms with van der Waals surface area (Å²) in [6.07, 6.45) is 2.17. The van der Waals surface area contributed by atoms with Gasteiger partial charge in [-0.3, -0.25) is 14.9 Å². The molecule has 2 aromatic carbocycles. The van der Waals surface area contributed by atoms with Crippen LogP contribution in [0.4, 0.5) is 11.4 Å². The van der Waals surface area contributed by atoms with Crippen LogP contribution in [-0.2, 0) is 9.53 Å². The van der Waals surface area contributed by atoms with Gasteiger partial charge in [-0.05, 0) is 37.6 Å². The molecule has 35 heavy (non-hydrogen) atoms. The lowest BCUT2D eigenvalue weighted by Gasteiger charge is -2.19. The van der Waals surface area contributed by atoms with Crippen molar-refractivity contribution in [2.75, 3.05) is 38.3 Å². The van der Waals surface area contributed by atoms with Gasteiger partial charge in [-0.15, -0.1) is 0 Å². The largest absolute Gasteiger partial charge is 0.480 e. The van der Waals surface area contributed by atoms with Crippen LogP contribution >= 0.6 is 0 Å². The molecular weight excluding hydrogens is 454 g/mol. The molecule has 1 N–H and O–H groups in total. The van der Waals surface area contributed by atoms with Gasteiger partial charge < -0.3 is 19.7 Å². The Balaban J connectivity index is 1.57. The molecule has 0 fully saturated rings. The van der Waals surface area contributed by atoms with E-state index in [4.69, 9.17) is 9.47 Å². The van der Waals surface area contributed by atoms with E-state index >= 15 is 0 Å². The Morgan fingerprint density at radius 2 is 1.86 bits per heavy atom. The van der Waals surface area contributed by atoms with Gasteiger partial charge in [-0.2, -0.15) is 5.10 Å². The van der Waals surface area contributed by atoms with Crippen molar-refractivity contribution in [3.8, 4) is 11.4 Å². The third-order valence-corrected chi connectivity index (χ3v) is 5.02. The minimum absolute atomic E-state index is 0.0702. The number of nitrogens with zero attached hydrogens (tertiary/aromatic N) is 4. The van der Waals surface area contributed by atoms with Gasteiger partial charge in [-0.25, -0.2) is 9.48 Å². The van der Waals surface area contributed by atoms with Crippen LogP contribution in [-0.4, -0.2) is 59.9 Å². The Morgan fingerprint density at radius 3 is 2.51 bits per heavy atom. The smallest absolute Gasteiger partial charge is 0.362 e. The van der Waals surface area contributed by atoms with Crippen molar-refractivity contribution < 1.29 is 24.0 Å². The minimum Gasteiger partial charge on any atom is -0.480 e. The van der Waals surface area contributed by atoms with E-state index in [0.717, 1.165) is 18.7 Å². The second-order valence-electron chi connectivity index (χ2n) is 7.53. The average Bonchev–Trinajstić information content (AvgIpc) is 3.30. The fourth-order valence-corrected chi connectivity index (χ4v) is 3.21. The number of nitro benzene ring substituents is 1. The highest BCUT2D eigenvalue weighted by Gasteiger charge is 2.21. The quantitative estimate of drug-likeness (QED) is 0.181. The molecule has 3 aromatic rings. The van der Waals surface area contributed by atoms with Gasteiger partial charge in [0.25, 0.3) is 11.6 Å². The molecule has 0 radical (unpaired) electrons. The first-order valence-corrected chi connectivity index (χ1v) is 11.1. The number of anilines is 1. The summed E-state index contributed by atoms with van der Waals surface area (Å²) in [6, 6.07) is 15.6. The standard InChI is InChI=1S/C24H27N5O6/c1-3-34-24(31)23-21(16-28(26-23)19-10-12-20(13-11-19)29(32)33)35-17-22(30)25-14-7-15-27(2)18-8-5-4-6-9-18/h4-6,8-13,16H,3,7,14-15,17H2,1-2H3,(H,25,30). The first-order chi connectivity index (χ1) is 16.9. The molecule has 0 saturated heterocycles. The summed E-state index contributed by atoms with van der Waals surface area (Å²) in [5.41, 5.74) is 1.40. The highest BCUT2D eigenvalue weighted by Crippen LogP contribution is 2.22. The lowest BCUT2D eigenvalue weighted by Crippen LogP contribution is -2.31. The van der Waals surface area contributed by atoms with Gasteiger partial charge in [0.05, 0.1) is 23.4 Å². The maximum atomic E-state index is 12.3. The highest BCUT2D eigenvalue weighted by molar-refractivity contribution is 5.90. The monoisotopic (exact) mass is 481 g/mol. The molecule has 0 aliphatic heterocycles. The number of hydrogen-bond acceptors (Lipinski definition) is 8. The molecule has 11 heteroatoms. The van der Waals surface area contributed by atoms with Crippen LogP contribution in [0.2, 0.25) is 0 Å². The second kappa shape index (κ2) is 12.2. The summed E-state index contributed by atoms with van der Waals surface area (Å²) in [5, 5.41) is 17.8. The molecule has 3 rings (SSSR count). The molecule has 0 spiro atoms. The highest BCUT2D eigenvalue weighted by atomic mass is 16.6. The molecule has 0 aliphatic carbocycles. The predicted molar refractivity (Wildman–Crippen MR) is 129 cm³/mol. The molecule has 0 unspecified atom stereocenters. The van der Waals surface area contributed by atoms with E-state index in [9.17, 15) is 19.7 Å². The molecule has 184 valence electrons. The number of rotatable bonds is 12. The van der Waals surface area contributed by atoms with Gasteiger partial charge in [0.2, 0.25) is 5.69 Å². The van der Waals surface area contributed by atoms with Gasteiger partial charge >= 0.3 is 5.97 Å². The van der Waals surface area contributed by atoms with Crippen LogP contribution in [0.15, 0.2) is 60.8 Å². The van der Waals surface area contributed by atoms with E-state index in [0.29, 0.717) is 12.2 Å². The minimum atomic E-state index is -0.701. The number of nitrogens with one attached hydrogen (secondary N) is 1.